The molecule has 0 radical (unpaired) electrons. The van der Waals surface area contributed by atoms with Crippen molar-refractivity contribution in [3.05, 3.63) is 95.6 Å². The van der Waals surface area contributed by atoms with Crippen LogP contribution in [0.1, 0.15) is 25.8 Å². The molecule has 1 aliphatic carbocycles. The Morgan fingerprint density at radius 3 is 2.07 bits per heavy atom. The van der Waals surface area contributed by atoms with Gasteiger partial charge in [-0.15, -0.1) is 35.2 Å². The minimum absolute atomic E-state index is 0.322. The van der Waals surface area contributed by atoms with Gasteiger partial charge in [-0.05, 0) is 32.4 Å². The number of phenols is 1. The van der Waals surface area contributed by atoms with Gasteiger partial charge in [-0.2, -0.15) is 0 Å². The van der Waals surface area contributed by atoms with E-state index in [0.717, 1.165) is 6.42 Å². The van der Waals surface area contributed by atoms with E-state index in [1.807, 2.05) is 6.07 Å². The Bertz CT molecular complexity index is 933. The van der Waals surface area contributed by atoms with Crippen molar-refractivity contribution in [1.29, 1.82) is 0 Å². The van der Waals surface area contributed by atoms with Crippen molar-refractivity contribution in [3.8, 4) is 5.75 Å². The predicted molar refractivity (Wildman–Crippen MR) is 114 cm³/mol. The van der Waals surface area contributed by atoms with Gasteiger partial charge in [0, 0.05) is 0 Å². The first-order valence-electron chi connectivity index (χ1n) is 8.55. The molecule has 0 unspecified atom stereocenters. The topological polar surface area (TPSA) is 20.2 Å². The summed E-state index contributed by atoms with van der Waals surface area (Å²) in [7, 11) is 9.78. The van der Waals surface area contributed by atoms with E-state index in [1.54, 1.807) is 24.3 Å². The van der Waals surface area contributed by atoms with Gasteiger partial charge < -0.3 is 5.11 Å². The number of allylic oxidation sites excluding steroid dienone is 4. The number of aromatic hydroxyl groups is 1. The maximum absolute atomic E-state index is 8.63. The van der Waals surface area contributed by atoms with Crippen LogP contribution in [0.2, 0.25) is 0 Å². The van der Waals surface area contributed by atoms with Crippen LogP contribution in [0.5, 0.6) is 5.75 Å². The van der Waals surface area contributed by atoms with Crippen molar-refractivity contribution in [3.63, 3.8) is 0 Å². The Morgan fingerprint density at radius 2 is 1.52 bits per heavy atom. The average molecular weight is 432 g/mol. The molecule has 3 aromatic rings. The Labute approximate surface area is 178 Å². The molecule has 0 amide bonds. The van der Waals surface area contributed by atoms with E-state index in [0.29, 0.717) is 5.75 Å². The molecule has 1 N–H and O–H groups in total. The second-order valence-corrected chi connectivity index (χ2v) is 8.64. The summed E-state index contributed by atoms with van der Waals surface area (Å²) < 4.78 is 0. The molecule has 0 fully saturated rings. The number of hydrogen-bond acceptors (Lipinski definition) is 1. The van der Waals surface area contributed by atoms with Crippen molar-refractivity contribution in [2.45, 2.75) is 20.3 Å². The number of fused-ring (bicyclic) bond motifs is 1. The third-order valence-electron chi connectivity index (χ3n) is 4.40. The summed E-state index contributed by atoms with van der Waals surface area (Å²) in [6, 6.07) is 25.0. The van der Waals surface area contributed by atoms with Crippen LogP contribution in [0, 0.1) is 6.07 Å². The number of rotatable bonds is 1. The van der Waals surface area contributed by atoms with Gasteiger partial charge in [-0.1, -0.05) is 64.6 Å². The molecule has 0 atom stereocenters. The van der Waals surface area contributed by atoms with Crippen LogP contribution in [-0.2, 0) is 17.0 Å². The third kappa shape index (κ3) is 6.55. The standard InChI is InChI=1S/C17H15.C6H6O.2ClH.Ti/c1-12-7-10-17(13(12)2)16-9-8-14-5-3-4-6-15(14)11-16;7-6-4-2-1-3-5-6;;;/h3-9H,10H2,1-2H3;1-5,7H;2*1H;/q-1;;;;+2/p-2. The fraction of sp³-hybridized carbons (Fsp3) is 0.130. The van der Waals surface area contributed by atoms with Crippen molar-refractivity contribution < 1.29 is 22.1 Å². The van der Waals surface area contributed by atoms with Gasteiger partial charge in [0.05, 0.1) is 0 Å². The van der Waals surface area contributed by atoms with Crippen molar-refractivity contribution in [2.24, 2.45) is 0 Å². The quantitative estimate of drug-likeness (QED) is 0.311. The van der Waals surface area contributed by atoms with Crippen LogP contribution in [-0.4, -0.2) is 5.11 Å². The summed E-state index contributed by atoms with van der Waals surface area (Å²) in [6.45, 7) is 4.39. The van der Waals surface area contributed by atoms with Crippen LogP contribution in [0.25, 0.3) is 16.3 Å². The number of halogens is 2. The van der Waals surface area contributed by atoms with Gasteiger partial charge >= 0.3 is 35.6 Å². The number of phenolic OH excluding ortho intramolecular Hbond substituents is 1. The van der Waals surface area contributed by atoms with Crippen molar-refractivity contribution in [2.75, 3.05) is 0 Å². The fourth-order valence-electron chi connectivity index (χ4n) is 2.83. The summed E-state index contributed by atoms with van der Waals surface area (Å²) in [5.74, 6) is 0.322. The van der Waals surface area contributed by atoms with E-state index in [4.69, 9.17) is 23.7 Å². The zero-order valence-electron chi connectivity index (χ0n) is 15.3. The number of para-hydroxylation sites is 1. The van der Waals surface area contributed by atoms with E-state index in [9.17, 15) is 0 Å². The Hall–Kier alpha value is -1.51. The Morgan fingerprint density at radius 1 is 0.889 bits per heavy atom. The third-order valence-corrected chi connectivity index (χ3v) is 4.40. The van der Waals surface area contributed by atoms with Crippen LogP contribution in [0.3, 0.4) is 0 Å². The van der Waals surface area contributed by atoms with E-state index in [2.05, 4.69) is 62.4 Å². The summed E-state index contributed by atoms with van der Waals surface area (Å²) in [6.07, 6.45) is 3.35. The molecule has 0 bridgehead atoms. The van der Waals surface area contributed by atoms with Crippen LogP contribution < -0.4 is 0 Å². The average Bonchev–Trinajstić information content (AvgIpc) is 3.02. The van der Waals surface area contributed by atoms with E-state index in [-0.39, 0.29) is 0 Å². The molecule has 1 aliphatic rings. The zero-order chi connectivity index (χ0) is 19.6. The molecule has 3 aromatic carbocycles. The molecule has 4 heteroatoms. The summed E-state index contributed by atoms with van der Waals surface area (Å²) in [4.78, 5) is 0. The molecule has 0 saturated carbocycles. The molecule has 4 rings (SSSR count). The molecular weight excluding hydrogens is 411 g/mol. The van der Waals surface area contributed by atoms with Gasteiger partial charge in [0.1, 0.15) is 5.75 Å². The SMILES string of the molecule is CC1=CCC(c2[c-]c3ccccc3cc2)=C1C.Oc1ccccc1.[Cl][Ti][Cl]. The predicted octanol–water partition coefficient (Wildman–Crippen LogP) is 7.53. The van der Waals surface area contributed by atoms with Crippen molar-refractivity contribution >= 4 is 35.0 Å². The molecule has 0 heterocycles. The molecular formula is C23H21Cl2OTi-. The molecule has 0 aromatic heterocycles. The fourth-order valence-corrected chi connectivity index (χ4v) is 2.83. The second-order valence-electron chi connectivity index (χ2n) is 6.06. The summed E-state index contributed by atoms with van der Waals surface area (Å²) in [5.41, 5.74) is 5.49. The first-order valence-corrected chi connectivity index (χ1v) is 12.8. The van der Waals surface area contributed by atoms with Crippen LogP contribution in [0.15, 0.2) is 84.0 Å². The van der Waals surface area contributed by atoms with Gasteiger partial charge in [-0.3, -0.25) is 0 Å². The number of hydrogen-bond donors (Lipinski definition) is 1. The van der Waals surface area contributed by atoms with E-state index < -0.39 is 17.0 Å². The van der Waals surface area contributed by atoms with Gasteiger partial charge in [0.15, 0.2) is 0 Å². The first kappa shape index (κ1) is 21.8. The molecule has 1 nitrogen and oxygen atoms in total. The Kier molecular flexibility index (Phi) is 9.17. The Balaban J connectivity index is 0.000000218. The molecule has 0 spiro atoms. The summed E-state index contributed by atoms with van der Waals surface area (Å²) >= 11 is -0.556. The van der Waals surface area contributed by atoms with Gasteiger partial charge in [0.2, 0.25) is 0 Å². The van der Waals surface area contributed by atoms with Crippen LogP contribution >= 0.6 is 18.6 Å². The molecule has 0 saturated heterocycles. The van der Waals surface area contributed by atoms with Crippen molar-refractivity contribution in [1.82, 2.24) is 0 Å². The monoisotopic (exact) mass is 431 g/mol. The number of benzene rings is 3. The summed E-state index contributed by atoms with van der Waals surface area (Å²) in [5, 5.41) is 11.1. The maximum atomic E-state index is 8.63. The molecule has 138 valence electrons. The van der Waals surface area contributed by atoms with Crippen LogP contribution in [0.4, 0.5) is 0 Å². The molecule has 27 heavy (non-hydrogen) atoms. The second kappa shape index (κ2) is 11.4. The van der Waals surface area contributed by atoms with Gasteiger partial charge in [-0.25, -0.2) is 0 Å². The van der Waals surface area contributed by atoms with E-state index >= 15 is 0 Å². The van der Waals surface area contributed by atoms with Gasteiger partial charge in [0.25, 0.3) is 0 Å². The normalized spacial score (nSPS) is 12.5. The molecule has 0 aliphatic heterocycles. The zero-order valence-corrected chi connectivity index (χ0v) is 18.4. The first-order chi connectivity index (χ1) is 13.1. The van der Waals surface area contributed by atoms with E-state index in [1.165, 1.54) is 33.1 Å². The minimum atomic E-state index is -0.556.